The summed E-state index contributed by atoms with van der Waals surface area (Å²) in [6, 6.07) is 8.70. The second-order valence-corrected chi connectivity index (χ2v) is 9.54. The molecule has 2 aromatic rings. The molecule has 0 unspecified atom stereocenters. The van der Waals surface area contributed by atoms with E-state index in [4.69, 9.17) is 11.6 Å². The van der Waals surface area contributed by atoms with Gasteiger partial charge in [0.2, 0.25) is 0 Å². The summed E-state index contributed by atoms with van der Waals surface area (Å²) in [6.07, 6.45) is 3.87. The summed E-state index contributed by atoms with van der Waals surface area (Å²) in [4.78, 5) is 18.3. The van der Waals surface area contributed by atoms with E-state index in [0.717, 1.165) is 28.7 Å². The molecule has 4 rings (SSSR count). The van der Waals surface area contributed by atoms with E-state index in [0.29, 0.717) is 12.6 Å². The highest BCUT2D eigenvalue weighted by atomic mass is 35.5. The van der Waals surface area contributed by atoms with E-state index in [1.54, 1.807) is 23.1 Å². The van der Waals surface area contributed by atoms with Gasteiger partial charge in [-0.25, -0.2) is 0 Å². The smallest absolute Gasteiger partial charge is 0.261 e. The van der Waals surface area contributed by atoms with Gasteiger partial charge in [0.1, 0.15) is 0 Å². The summed E-state index contributed by atoms with van der Waals surface area (Å²) in [7, 11) is 0. The maximum absolute atomic E-state index is 12.6. The van der Waals surface area contributed by atoms with Gasteiger partial charge in [0.05, 0.1) is 4.88 Å². The van der Waals surface area contributed by atoms with Crippen LogP contribution in [0.5, 0.6) is 0 Å². The second kappa shape index (κ2) is 7.93. The Morgan fingerprint density at radius 1 is 1.35 bits per heavy atom. The number of nitrogens with one attached hydrogen (secondary N) is 1. The minimum Gasteiger partial charge on any atom is -0.350 e. The van der Waals surface area contributed by atoms with E-state index < -0.39 is 0 Å². The van der Waals surface area contributed by atoms with E-state index in [9.17, 15) is 4.79 Å². The lowest BCUT2D eigenvalue weighted by Gasteiger charge is -2.33. The molecule has 0 bridgehead atoms. The number of likely N-dealkylation sites (tertiary alicyclic amines) is 1. The molecule has 1 amide bonds. The van der Waals surface area contributed by atoms with Gasteiger partial charge in [-0.1, -0.05) is 24.1 Å². The van der Waals surface area contributed by atoms with E-state index in [2.05, 4.69) is 29.3 Å². The van der Waals surface area contributed by atoms with Crippen molar-refractivity contribution in [1.82, 2.24) is 10.2 Å². The molecule has 26 heavy (non-hydrogen) atoms. The molecule has 1 saturated heterocycles. The third-order valence-electron chi connectivity index (χ3n) is 5.23. The minimum atomic E-state index is 0.0505. The number of carbonyl (C=O) groups excluding carboxylic acids is 1. The summed E-state index contributed by atoms with van der Waals surface area (Å²) in [5, 5.41) is 3.88. The van der Waals surface area contributed by atoms with Crippen LogP contribution in [0.1, 0.15) is 41.4 Å². The SMILES string of the molecule is C[C@@H]1CCCCN1CCNC(=O)c1cc2c(s1)-c1ccc(Cl)cc1SC2. The van der Waals surface area contributed by atoms with Crippen LogP contribution in [0, 0.1) is 0 Å². The largest absolute Gasteiger partial charge is 0.350 e. The average Bonchev–Trinajstić information content (AvgIpc) is 3.07. The first-order chi connectivity index (χ1) is 12.6. The Labute approximate surface area is 168 Å². The molecule has 138 valence electrons. The first kappa shape index (κ1) is 18.4. The Bertz CT molecular complexity index is 820. The van der Waals surface area contributed by atoms with Gasteiger partial charge in [0.25, 0.3) is 5.91 Å². The lowest BCUT2D eigenvalue weighted by Crippen LogP contribution is -2.42. The number of nitrogens with zero attached hydrogens (tertiary/aromatic N) is 1. The van der Waals surface area contributed by atoms with Crippen LogP contribution in [0.3, 0.4) is 0 Å². The number of hydrogen-bond acceptors (Lipinski definition) is 4. The fourth-order valence-electron chi connectivity index (χ4n) is 3.72. The van der Waals surface area contributed by atoms with Gasteiger partial charge in [-0.15, -0.1) is 23.1 Å². The molecule has 1 atom stereocenters. The lowest BCUT2D eigenvalue weighted by atomic mass is 10.0. The molecule has 2 aliphatic heterocycles. The van der Waals surface area contributed by atoms with Gasteiger partial charge >= 0.3 is 0 Å². The van der Waals surface area contributed by atoms with Crippen molar-refractivity contribution >= 4 is 40.6 Å². The molecule has 1 aromatic carbocycles. The molecule has 3 nitrogen and oxygen atoms in total. The summed E-state index contributed by atoms with van der Waals surface area (Å²) in [5.74, 6) is 0.951. The number of hydrogen-bond donors (Lipinski definition) is 1. The van der Waals surface area contributed by atoms with Gasteiger partial charge in [-0.05, 0) is 50.1 Å². The molecule has 1 fully saturated rings. The number of piperidine rings is 1. The van der Waals surface area contributed by atoms with Crippen molar-refractivity contribution in [3.63, 3.8) is 0 Å². The van der Waals surface area contributed by atoms with Crippen LogP contribution in [0.25, 0.3) is 10.4 Å². The van der Waals surface area contributed by atoms with E-state index in [1.807, 2.05) is 12.1 Å². The normalized spacial score (nSPS) is 19.7. The quantitative estimate of drug-likeness (QED) is 0.749. The molecule has 6 heteroatoms. The van der Waals surface area contributed by atoms with Crippen molar-refractivity contribution in [2.75, 3.05) is 19.6 Å². The maximum Gasteiger partial charge on any atom is 0.261 e. The van der Waals surface area contributed by atoms with Crippen LogP contribution in [0.4, 0.5) is 0 Å². The van der Waals surface area contributed by atoms with Crippen LogP contribution in [0.2, 0.25) is 5.02 Å². The van der Waals surface area contributed by atoms with E-state index in [1.165, 1.54) is 40.2 Å². The lowest BCUT2D eigenvalue weighted by molar-refractivity contribution is 0.0942. The number of fused-ring (bicyclic) bond motifs is 3. The molecular formula is C20H23ClN2OS2. The van der Waals surface area contributed by atoms with Crippen molar-refractivity contribution in [3.8, 4) is 10.4 Å². The van der Waals surface area contributed by atoms with Crippen LogP contribution in [0.15, 0.2) is 29.2 Å². The number of rotatable bonds is 4. The number of thioether (sulfide) groups is 1. The molecule has 0 aliphatic carbocycles. The van der Waals surface area contributed by atoms with Gasteiger partial charge in [0, 0.05) is 45.2 Å². The molecule has 0 spiro atoms. The minimum absolute atomic E-state index is 0.0505. The molecule has 3 heterocycles. The molecular weight excluding hydrogens is 384 g/mol. The number of benzene rings is 1. The Morgan fingerprint density at radius 3 is 3.08 bits per heavy atom. The third-order valence-corrected chi connectivity index (χ3v) is 7.78. The molecule has 0 saturated carbocycles. The first-order valence-electron chi connectivity index (χ1n) is 9.19. The molecule has 2 aliphatic rings. The zero-order valence-electron chi connectivity index (χ0n) is 14.9. The zero-order chi connectivity index (χ0) is 18.1. The van der Waals surface area contributed by atoms with Crippen LogP contribution < -0.4 is 5.32 Å². The Kier molecular flexibility index (Phi) is 5.60. The number of carbonyl (C=O) groups is 1. The van der Waals surface area contributed by atoms with Crippen molar-refractivity contribution in [2.24, 2.45) is 0 Å². The Balaban J connectivity index is 1.41. The van der Waals surface area contributed by atoms with Crippen molar-refractivity contribution in [1.29, 1.82) is 0 Å². The van der Waals surface area contributed by atoms with Crippen molar-refractivity contribution in [2.45, 2.75) is 42.9 Å². The van der Waals surface area contributed by atoms with Crippen LogP contribution in [-0.4, -0.2) is 36.5 Å². The van der Waals surface area contributed by atoms with Crippen molar-refractivity contribution < 1.29 is 4.79 Å². The van der Waals surface area contributed by atoms with Gasteiger partial charge in [-0.2, -0.15) is 0 Å². The first-order valence-corrected chi connectivity index (χ1v) is 11.4. The summed E-state index contributed by atoms with van der Waals surface area (Å²) >= 11 is 9.50. The van der Waals surface area contributed by atoms with Crippen LogP contribution in [-0.2, 0) is 5.75 Å². The van der Waals surface area contributed by atoms with Crippen LogP contribution >= 0.6 is 34.7 Å². The predicted octanol–water partition coefficient (Wildman–Crippen LogP) is 5.28. The molecule has 1 N–H and O–H groups in total. The topological polar surface area (TPSA) is 32.3 Å². The highest BCUT2D eigenvalue weighted by Crippen LogP contribution is 2.46. The standard InChI is InChI=1S/C20H23ClN2OS2/c1-13-4-2-3-8-23(13)9-7-22-20(24)18-10-14-12-25-17-11-15(21)5-6-16(17)19(14)26-18/h5-6,10-11,13H,2-4,7-9,12H2,1H3,(H,22,24)/t13-/m1/s1. The van der Waals surface area contributed by atoms with E-state index >= 15 is 0 Å². The Morgan fingerprint density at radius 2 is 2.23 bits per heavy atom. The zero-order valence-corrected chi connectivity index (χ0v) is 17.3. The highest BCUT2D eigenvalue weighted by Gasteiger charge is 2.23. The molecule has 0 radical (unpaired) electrons. The number of amides is 1. The van der Waals surface area contributed by atoms with E-state index in [-0.39, 0.29) is 5.91 Å². The third kappa shape index (κ3) is 3.81. The second-order valence-electron chi connectivity index (χ2n) is 7.03. The highest BCUT2D eigenvalue weighted by molar-refractivity contribution is 7.98. The number of thiophene rings is 1. The van der Waals surface area contributed by atoms with Gasteiger partial charge in [0.15, 0.2) is 0 Å². The van der Waals surface area contributed by atoms with Gasteiger partial charge < -0.3 is 5.32 Å². The maximum atomic E-state index is 12.6. The predicted molar refractivity (Wildman–Crippen MR) is 112 cm³/mol. The van der Waals surface area contributed by atoms with Gasteiger partial charge in [-0.3, -0.25) is 9.69 Å². The molecule has 1 aromatic heterocycles. The monoisotopic (exact) mass is 406 g/mol. The summed E-state index contributed by atoms with van der Waals surface area (Å²) in [6.45, 7) is 5.10. The summed E-state index contributed by atoms with van der Waals surface area (Å²) < 4.78 is 0. The summed E-state index contributed by atoms with van der Waals surface area (Å²) in [5.41, 5.74) is 2.46. The number of halogens is 1. The van der Waals surface area contributed by atoms with Crippen molar-refractivity contribution in [3.05, 3.63) is 39.7 Å². The fourth-order valence-corrected chi connectivity index (χ4v) is 6.33. The Hall–Kier alpha value is -1.01. The fraction of sp³-hybridized carbons (Fsp3) is 0.450. The average molecular weight is 407 g/mol.